The first kappa shape index (κ1) is 71.0. The Morgan fingerprint density at radius 1 is 0.380 bits per heavy atom. The van der Waals surface area contributed by atoms with Gasteiger partial charge < -0.3 is 0 Å². The minimum Gasteiger partial charge on any atom is -0.289 e. The average molecular weight is 1230 g/mol. The van der Waals surface area contributed by atoms with E-state index in [0.29, 0.717) is 59.1 Å². The SMILES string of the molecule is BrC(Br)Br.C.C.C.CC(C)(C)C(C(C)(C)C)C(C)(C)C.CC(C)(C)SC(C)(C)C.CC(C)(C)c1cccc2c1C(=O)c1cccc(C(C)(C)C)c1C2=O.O=C1c2cccc(Cl)c2C(=O)c2cccc(Cl)c21. The average Bonchev–Trinajstić information content (AvgIpc) is 3.12. The number of carbonyl (C=O) groups is 4. The molecule has 0 atom stereocenters. The number of rotatable bonds is 0. The molecule has 0 N–H and O–H groups in total. The number of carbonyl (C=O) groups excluding carboxylic acids is 4. The molecule has 0 spiro atoms. The van der Waals surface area contributed by atoms with E-state index < -0.39 is 0 Å². The van der Waals surface area contributed by atoms with Crippen LogP contribution in [0.3, 0.4) is 0 Å². The Morgan fingerprint density at radius 3 is 0.775 bits per heavy atom. The van der Waals surface area contributed by atoms with E-state index >= 15 is 0 Å². The molecule has 6 rings (SSSR count). The zero-order chi connectivity index (χ0) is 53.1. The third-order valence-electron chi connectivity index (χ3n) is 10.9. The van der Waals surface area contributed by atoms with Gasteiger partial charge in [-0.25, -0.2) is 0 Å². The van der Waals surface area contributed by atoms with Crippen molar-refractivity contribution < 1.29 is 19.2 Å². The monoisotopic (exact) mass is 1220 g/mol. The fourth-order valence-electron chi connectivity index (χ4n) is 10.5. The molecular weight excluding hydrogens is 1140 g/mol. The minimum atomic E-state index is -0.257. The van der Waals surface area contributed by atoms with E-state index in [-0.39, 0.29) is 80.1 Å². The van der Waals surface area contributed by atoms with Gasteiger partial charge in [-0.05, 0) is 56.3 Å². The van der Waals surface area contributed by atoms with E-state index in [1.54, 1.807) is 48.5 Å². The Kier molecular flexibility index (Phi) is 26.6. The van der Waals surface area contributed by atoms with E-state index in [4.69, 9.17) is 23.2 Å². The molecule has 0 bridgehead atoms. The van der Waals surface area contributed by atoms with Gasteiger partial charge in [0.2, 0.25) is 0 Å². The van der Waals surface area contributed by atoms with Gasteiger partial charge in [0.15, 0.2) is 23.1 Å². The van der Waals surface area contributed by atoms with Gasteiger partial charge in [-0.3, -0.25) is 19.2 Å². The number of thioether (sulfide) groups is 1. The van der Waals surface area contributed by atoms with Crippen molar-refractivity contribution in [2.45, 2.75) is 191 Å². The lowest BCUT2D eigenvalue weighted by Gasteiger charge is -2.49. The van der Waals surface area contributed by atoms with Crippen LogP contribution >= 0.6 is 82.8 Å². The lowest BCUT2D eigenvalue weighted by atomic mass is 9.56. The maximum absolute atomic E-state index is 13.2. The predicted octanol–water partition coefficient (Wildman–Crippen LogP) is 21.2. The summed E-state index contributed by atoms with van der Waals surface area (Å²) in [7, 11) is 0. The molecule has 0 saturated carbocycles. The van der Waals surface area contributed by atoms with E-state index in [9.17, 15) is 19.2 Å². The Labute approximate surface area is 472 Å². The summed E-state index contributed by atoms with van der Waals surface area (Å²) in [6, 6.07) is 20.9. The van der Waals surface area contributed by atoms with Crippen molar-refractivity contribution in [3.05, 3.63) is 138 Å². The lowest BCUT2D eigenvalue weighted by molar-refractivity contribution is 0.00269. The molecule has 0 radical (unpaired) electrons. The van der Waals surface area contributed by atoms with Crippen molar-refractivity contribution >= 4 is 106 Å². The first-order chi connectivity index (χ1) is 30.4. The fourth-order valence-corrected chi connectivity index (χ4v) is 12.8. The summed E-state index contributed by atoms with van der Waals surface area (Å²) in [4.78, 5) is 51.2. The summed E-state index contributed by atoms with van der Waals surface area (Å²) in [6.45, 7) is 47.1. The summed E-state index contributed by atoms with van der Waals surface area (Å²) >= 11 is 23.3. The molecule has 2 aliphatic rings. The maximum Gasteiger partial charge on any atom is 0.196 e. The summed E-state index contributed by atoms with van der Waals surface area (Å²) < 4.78 is 1.07. The second-order valence-corrected chi connectivity index (χ2v) is 34.6. The maximum atomic E-state index is 13.2. The molecule has 398 valence electrons. The van der Waals surface area contributed by atoms with Crippen LogP contribution in [-0.4, -0.2) is 35.3 Å². The molecule has 10 heteroatoms. The van der Waals surface area contributed by atoms with Crippen LogP contribution in [0.2, 0.25) is 10.0 Å². The standard InChI is InChI=1S/C22H24O2.C14H6Cl2O2.C13H28.C8H18S.CHBr3.3CH4/c1-21(2,3)15-11-7-9-13-17(15)19(23)14-10-8-12-16(22(4,5)6)18(14)20(13)24;15-9-5-1-3-7-11(9)14(18)8-4-2-6-10(16)12(8)13(7)17;1-11(2,3)10(12(4,5)6)13(7,8)9;1-7(2,3)9-8(4,5)6;2-1(3)4;;;/h7-12H,1-6H3;1-6H;10H,1-9H3;1-6H3;1H;3*1H4. The second-order valence-electron chi connectivity index (χ2n) is 24.7. The molecule has 2 aliphatic carbocycles. The van der Waals surface area contributed by atoms with Crippen molar-refractivity contribution in [2.75, 3.05) is 0 Å². The van der Waals surface area contributed by atoms with Crippen LogP contribution in [0.25, 0.3) is 0 Å². The van der Waals surface area contributed by atoms with Crippen LogP contribution in [0.5, 0.6) is 0 Å². The predicted molar refractivity (Wildman–Crippen MR) is 327 cm³/mol. The highest BCUT2D eigenvalue weighted by molar-refractivity contribution is 9.38. The Balaban J connectivity index is 0. The zero-order valence-corrected chi connectivity index (χ0v) is 51.6. The molecule has 71 heavy (non-hydrogen) atoms. The second kappa shape index (κ2) is 26.6. The molecule has 0 heterocycles. The van der Waals surface area contributed by atoms with Crippen molar-refractivity contribution in [3.63, 3.8) is 0 Å². The number of fused-ring (bicyclic) bond motifs is 4. The summed E-state index contributed by atoms with van der Waals surface area (Å²) in [5.74, 6) is 0.153. The highest BCUT2D eigenvalue weighted by atomic mass is 80.0. The van der Waals surface area contributed by atoms with Crippen LogP contribution in [0.4, 0.5) is 0 Å². The Morgan fingerprint density at radius 2 is 0.592 bits per heavy atom. The number of hydrogen-bond acceptors (Lipinski definition) is 5. The molecular formula is C61H89Br3Cl2O4S. The van der Waals surface area contributed by atoms with Gasteiger partial charge in [-0.2, -0.15) is 11.8 Å². The highest BCUT2D eigenvalue weighted by Crippen LogP contribution is 2.50. The quantitative estimate of drug-likeness (QED) is 0.142. The molecule has 4 aromatic carbocycles. The van der Waals surface area contributed by atoms with Gasteiger partial charge in [0.25, 0.3) is 0 Å². The first-order valence-electron chi connectivity index (χ1n) is 23.1. The summed E-state index contributed by atoms with van der Waals surface area (Å²) in [5, 5.41) is 0.577. The Bertz CT molecular complexity index is 2280. The normalized spacial score (nSPS) is 13.3. The third-order valence-corrected chi connectivity index (χ3v) is 12.7. The molecule has 0 fully saturated rings. The third kappa shape index (κ3) is 19.9. The highest BCUT2D eigenvalue weighted by Gasteiger charge is 2.42. The molecule has 0 aliphatic heterocycles. The zero-order valence-electron chi connectivity index (χ0n) is 44.5. The van der Waals surface area contributed by atoms with E-state index in [1.165, 1.54) is 0 Å². The van der Waals surface area contributed by atoms with Crippen LogP contribution in [0.15, 0.2) is 72.8 Å². The first-order valence-corrected chi connectivity index (χ1v) is 27.4. The summed E-state index contributed by atoms with van der Waals surface area (Å²) in [5.41, 5.74) is 6.02. The molecule has 0 saturated heterocycles. The van der Waals surface area contributed by atoms with Crippen LogP contribution in [0.1, 0.15) is 242 Å². The number of benzene rings is 4. The number of halogens is 5. The Hall–Kier alpha value is -2.07. The number of alkyl halides is 3. The molecule has 4 aromatic rings. The lowest BCUT2D eigenvalue weighted by Crippen LogP contribution is -2.41. The van der Waals surface area contributed by atoms with Gasteiger partial charge in [-0.15, -0.1) is 0 Å². The van der Waals surface area contributed by atoms with E-state index in [0.717, 1.165) is 17.0 Å². The fraction of sp³-hybridized carbons (Fsp3) is 0.541. The van der Waals surface area contributed by atoms with Gasteiger partial charge >= 0.3 is 0 Å². The van der Waals surface area contributed by atoms with Crippen molar-refractivity contribution in [2.24, 2.45) is 22.2 Å². The van der Waals surface area contributed by atoms with E-state index in [1.807, 2.05) is 36.0 Å². The van der Waals surface area contributed by atoms with Crippen LogP contribution in [-0.2, 0) is 10.8 Å². The van der Waals surface area contributed by atoms with E-state index in [2.05, 4.69) is 193 Å². The minimum absolute atomic E-state index is 0. The van der Waals surface area contributed by atoms with Gasteiger partial charge in [0.05, 0.1) is 21.2 Å². The summed E-state index contributed by atoms with van der Waals surface area (Å²) in [6.07, 6.45) is 0. The number of ketones is 4. The smallest absolute Gasteiger partial charge is 0.196 e. The van der Waals surface area contributed by atoms with Gasteiger partial charge in [0.1, 0.15) is 2.65 Å². The van der Waals surface area contributed by atoms with Crippen molar-refractivity contribution in [3.8, 4) is 0 Å². The molecule has 0 unspecified atom stereocenters. The van der Waals surface area contributed by atoms with Crippen LogP contribution < -0.4 is 0 Å². The van der Waals surface area contributed by atoms with Gasteiger partial charge in [-0.1, -0.05) is 299 Å². The largest absolute Gasteiger partial charge is 0.289 e. The number of hydrogen-bond donors (Lipinski definition) is 0. The molecule has 4 nitrogen and oxygen atoms in total. The van der Waals surface area contributed by atoms with Crippen molar-refractivity contribution in [1.82, 2.24) is 0 Å². The molecule has 0 aromatic heterocycles. The van der Waals surface area contributed by atoms with Crippen molar-refractivity contribution in [1.29, 1.82) is 0 Å². The van der Waals surface area contributed by atoms with Gasteiger partial charge in [0, 0.05) is 42.9 Å². The topological polar surface area (TPSA) is 68.3 Å². The molecule has 0 amide bonds. The van der Waals surface area contributed by atoms with Crippen LogP contribution in [0, 0.1) is 22.2 Å².